The van der Waals surface area contributed by atoms with E-state index in [1.807, 2.05) is 0 Å². The highest BCUT2D eigenvalue weighted by Crippen LogP contribution is 2.38. The molecule has 0 aromatic carbocycles. The molecule has 0 spiro atoms. The van der Waals surface area contributed by atoms with E-state index in [0.29, 0.717) is 0 Å². The fraction of sp³-hybridized carbons (Fsp3) is 0.750. The monoisotopic (exact) mass is 210 g/mol. The van der Waals surface area contributed by atoms with E-state index in [9.17, 15) is 17.2 Å². The van der Waals surface area contributed by atoms with Gasteiger partial charge in [0.2, 0.25) is 0 Å². The van der Waals surface area contributed by atoms with Crippen molar-refractivity contribution in [2.24, 2.45) is 0 Å². The molecule has 1 rings (SSSR count). The molecule has 1 aliphatic rings. The van der Waals surface area contributed by atoms with Gasteiger partial charge in [-0.1, -0.05) is 6.92 Å². The van der Waals surface area contributed by atoms with Gasteiger partial charge in [0.25, 0.3) is 5.92 Å². The van der Waals surface area contributed by atoms with Crippen molar-refractivity contribution in [2.45, 2.75) is 32.6 Å². The predicted molar refractivity (Wildman–Crippen MR) is 46.3 cm³/mol. The molecule has 0 saturated heterocycles. The van der Waals surface area contributed by atoms with Gasteiger partial charge in [-0.05, 0) is 13.3 Å². The molecule has 0 unspecified atom stereocenters. The molecule has 0 aromatic heterocycles. The Labute approximate surface area is 76.6 Å². The zero-order chi connectivity index (χ0) is 10.3. The lowest BCUT2D eigenvalue weighted by atomic mass is 10.1. The quantitative estimate of drug-likeness (QED) is 0.664. The Morgan fingerprint density at radius 1 is 1.46 bits per heavy atom. The first-order chi connectivity index (χ1) is 5.81. The van der Waals surface area contributed by atoms with Crippen molar-refractivity contribution in [3.8, 4) is 0 Å². The summed E-state index contributed by atoms with van der Waals surface area (Å²) in [5, 5.41) is 0. The Kier molecular flexibility index (Phi) is 2.49. The first-order valence-corrected chi connectivity index (χ1v) is 5.77. The maximum absolute atomic E-state index is 13.1. The Morgan fingerprint density at radius 2 is 2.00 bits per heavy atom. The van der Waals surface area contributed by atoms with Gasteiger partial charge in [-0.25, -0.2) is 17.2 Å². The highest BCUT2D eigenvalue weighted by molar-refractivity contribution is 7.95. The van der Waals surface area contributed by atoms with Gasteiger partial charge in [-0.2, -0.15) is 0 Å². The largest absolute Gasteiger partial charge is 0.271 e. The molecule has 0 fully saturated rings. The predicted octanol–water partition coefficient (Wildman–Crippen LogP) is 2.12. The van der Waals surface area contributed by atoms with E-state index in [1.54, 1.807) is 6.92 Å². The van der Waals surface area contributed by atoms with Crippen LogP contribution in [0, 0.1) is 0 Å². The van der Waals surface area contributed by atoms with Gasteiger partial charge in [0, 0.05) is 16.9 Å². The van der Waals surface area contributed by atoms with Gasteiger partial charge >= 0.3 is 0 Å². The molecule has 2 nitrogen and oxygen atoms in total. The molecule has 0 bridgehead atoms. The van der Waals surface area contributed by atoms with E-state index >= 15 is 0 Å². The van der Waals surface area contributed by atoms with Gasteiger partial charge in [-0.15, -0.1) is 0 Å². The molecular weight excluding hydrogens is 198 g/mol. The van der Waals surface area contributed by atoms with Crippen molar-refractivity contribution >= 4 is 9.84 Å². The van der Waals surface area contributed by atoms with Crippen molar-refractivity contribution in [3.05, 3.63) is 10.5 Å². The molecule has 1 aliphatic heterocycles. The van der Waals surface area contributed by atoms with Crippen LogP contribution in [0.15, 0.2) is 10.5 Å². The minimum Gasteiger partial charge on any atom is -0.224 e. The molecule has 5 heteroatoms. The van der Waals surface area contributed by atoms with Gasteiger partial charge in [0.05, 0.1) is 5.75 Å². The molecule has 0 N–H and O–H groups in total. The second-order valence-corrected chi connectivity index (χ2v) is 5.31. The normalized spacial score (nSPS) is 26.2. The van der Waals surface area contributed by atoms with Crippen molar-refractivity contribution in [3.63, 3.8) is 0 Å². The molecule has 0 aliphatic carbocycles. The lowest BCUT2D eigenvalue weighted by Gasteiger charge is -2.25. The third kappa shape index (κ3) is 1.75. The van der Waals surface area contributed by atoms with Gasteiger partial charge in [0.1, 0.15) is 0 Å². The molecular formula is C8H12F2O2S. The number of hydrogen-bond donors (Lipinski definition) is 0. The highest BCUT2D eigenvalue weighted by atomic mass is 32.2. The number of hydrogen-bond acceptors (Lipinski definition) is 2. The zero-order valence-corrected chi connectivity index (χ0v) is 8.42. The lowest BCUT2D eigenvalue weighted by molar-refractivity contribution is 0.0360. The maximum Gasteiger partial charge on any atom is 0.271 e. The van der Waals surface area contributed by atoms with E-state index in [4.69, 9.17) is 0 Å². The van der Waals surface area contributed by atoms with Crippen molar-refractivity contribution < 1.29 is 17.2 Å². The van der Waals surface area contributed by atoms with E-state index in [2.05, 4.69) is 0 Å². The second-order valence-electron chi connectivity index (χ2n) is 3.18. The van der Waals surface area contributed by atoms with E-state index in [0.717, 1.165) is 0 Å². The third-order valence-corrected chi connectivity index (χ3v) is 4.44. The molecule has 1 heterocycles. The number of sulfone groups is 1. The second kappa shape index (κ2) is 3.04. The van der Waals surface area contributed by atoms with Crippen LogP contribution >= 0.6 is 0 Å². The molecule has 76 valence electrons. The molecule has 13 heavy (non-hydrogen) atoms. The average molecular weight is 210 g/mol. The third-order valence-electron chi connectivity index (χ3n) is 2.35. The number of alkyl halides is 2. The van der Waals surface area contributed by atoms with Crippen LogP contribution in [0.25, 0.3) is 0 Å². The molecule has 0 amide bonds. The van der Waals surface area contributed by atoms with E-state index in [-0.39, 0.29) is 16.9 Å². The molecule has 0 aromatic rings. The van der Waals surface area contributed by atoms with Gasteiger partial charge in [-0.3, -0.25) is 0 Å². The lowest BCUT2D eigenvalue weighted by Crippen LogP contribution is -2.31. The maximum atomic E-state index is 13.1. The van der Waals surface area contributed by atoms with Crippen molar-refractivity contribution in [1.82, 2.24) is 0 Å². The Morgan fingerprint density at radius 3 is 2.38 bits per heavy atom. The van der Waals surface area contributed by atoms with E-state index < -0.39 is 27.9 Å². The topological polar surface area (TPSA) is 34.1 Å². The minimum atomic E-state index is -3.39. The number of rotatable bonds is 1. The molecule has 0 radical (unpaired) electrons. The van der Waals surface area contributed by atoms with Crippen LogP contribution in [-0.4, -0.2) is 20.1 Å². The molecule has 0 atom stereocenters. The number of halogens is 2. The first kappa shape index (κ1) is 10.6. The van der Waals surface area contributed by atoms with Crippen LogP contribution in [0.3, 0.4) is 0 Å². The standard InChI is InChI=1S/C8H12F2O2S/c1-3-7-6(2)8(9,10)4-5-13(7,11)12/h3-5H2,1-2H3. The average Bonchev–Trinajstić information content (AvgIpc) is 2.00. The van der Waals surface area contributed by atoms with Gasteiger partial charge < -0.3 is 0 Å². The van der Waals surface area contributed by atoms with Gasteiger partial charge in [0.15, 0.2) is 9.84 Å². The minimum absolute atomic E-state index is 0.0799. The molecule has 0 saturated carbocycles. The Bertz CT molecular complexity index is 341. The summed E-state index contributed by atoms with van der Waals surface area (Å²) in [5.41, 5.74) is -0.277. The Balaban J connectivity index is 3.31. The van der Waals surface area contributed by atoms with E-state index in [1.165, 1.54) is 6.92 Å². The summed E-state index contributed by atoms with van der Waals surface area (Å²) in [5.74, 6) is -3.36. The van der Waals surface area contributed by atoms with Crippen LogP contribution in [0.2, 0.25) is 0 Å². The fourth-order valence-electron chi connectivity index (χ4n) is 1.50. The van der Waals surface area contributed by atoms with Crippen LogP contribution in [-0.2, 0) is 9.84 Å². The zero-order valence-electron chi connectivity index (χ0n) is 7.60. The summed E-state index contributed by atoms with van der Waals surface area (Å²) in [6.07, 6.45) is -0.422. The van der Waals surface area contributed by atoms with Crippen LogP contribution < -0.4 is 0 Å². The summed E-state index contributed by atoms with van der Waals surface area (Å²) in [6, 6.07) is 0. The van der Waals surface area contributed by atoms with Crippen molar-refractivity contribution in [1.29, 1.82) is 0 Å². The summed E-state index contributed by atoms with van der Waals surface area (Å²) in [7, 11) is -3.39. The summed E-state index contributed by atoms with van der Waals surface area (Å²) >= 11 is 0. The summed E-state index contributed by atoms with van der Waals surface area (Å²) in [4.78, 5) is -0.0799. The smallest absolute Gasteiger partial charge is 0.224 e. The first-order valence-electron chi connectivity index (χ1n) is 4.12. The fourth-order valence-corrected chi connectivity index (χ4v) is 3.32. The summed E-state index contributed by atoms with van der Waals surface area (Å²) < 4.78 is 48.8. The summed E-state index contributed by atoms with van der Waals surface area (Å²) in [6.45, 7) is 2.79. The SMILES string of the molecule is CCC1=C(C)C(F)(F)CCS1(=O)=O. The Hall–Kier alpha value is -0.450. The van der Waals surface area contributed by atoms with Crippen molar-refractivity contribution in [2.75, 3.05) is 5.75 Å². The highest BCUT2D eigenvalue weighted by Gasteiger charge is 2.41. The number of allylic oxidation sites excluding steroid dienone is 2. The van der Waals surface area contributed by atoms with Crippen LogP contribution in [0.5, 0.6) is 0 Å². The van der Waals surface area contributed by atoms with Crippen LogP contribution in [0.4, 0.5) is 8.78 Å². The van der Waals surface area contributed by atoms with Crippen LogP contribution in [0.1, 0.15) is 26.7 Å².